The summed E-state index contributed by atoms with van der Waals surface area (Å²) in [5, 5.41) is 3.10. The van der Waals surface area contributed by atoms with Gasteiger partial charge in [0.25, 0.3) is 0 Å². The average Bonchev–Trinajstić information content (AvgIpc) is 2.73. The number of carbonyl (C=O) groups is 1. The number of esters is 1. The van der Waals surface area contributed by atoms with Crippen LogP contribution < -0.4 is 14.6 Å². The van der Waals surface area contributed by atoms with E-state index in [0.717, 1.165) is 22.3 Å². The monoisotopic (exact) mass is 482 g/mol. The fourth-order valence-electron chi connectivity index (χ4n) is 3.36. The summed E-state index contributed by atoms with van der Waals surface area (Å²) in [7, 11) is 0. The summed E-state index contributed by atoms with van der Waals surface area (Å²) in [6.07, 6.45) is -1.58. The number of ether oxygens (including phenoxy) is 1. The van der Waals surface area contributed by atoms with Crippen LogP contribution in [0.15, 0.2) is 30.6 Å². The van der Waals surface area contributed by atoms with Crippen molar-refractivity contribution in [2.75, 3.05) is 29.9 Å². The molecule has 2 heterocycles. The summed E-state index contributed by atoms with van der Waals surface area (Å²) in [6.45, 7) is 3.71. The van der Waals surface area contributed by atoms with E-state index in [4.69, 9.17) is 4.74 Å². The van der Waals surface area contributed by atoms with Gasteiger partial charge in [-0.2, -0.15) is 0 Å². The molecule has 0 bridgehead atoms. The van der Waals surface area contributed by atoms with Gasteiger partial charge in [0.15, 0.2) is 0 Å². The summed E-state index contributed by atoms with van der Waals surface area (Å²) < 4.78 is 44.5. The van der Waals surface area contributed by atoms with Crippen molar-refractivity contribution in [1.82, 2.24) is 9.97 Å². The van der Waals surface area contributed by atoms with Crippen molar-refractivity contribution in [3.05, 3.63) is 41.7 Å². The molecule has 1 aromatic heterocycles. The zero-order chi connectivity index (χ0) is 21.7. The van der Waals surface area contributed by atoms with Crippen LogP contribution in [0, 0.1) is 5.92 Å². The summed E-state index contributed by atoms with van der Waals surface area (Å²) in [5.74, 6) is 1.02. The molecule has 160 valence electrons. The number of hydrogen-bond donors (Lipinski definition) is 1. The molecule has 2 aromatic rings. The van der Waals surface area contributed by atoms with Crippen molar-refractivity contribution in [3.63, 3.8) is 0 Å². The Balaban J connectivity index is 1.65. The second-order valence-corrected chi connectivity index (χ2v) is 7.90. The molecule has 0 saturated carbocycles. The first-order chi connectivity index (χ1) is 14.3. The van der Waals surface area contributed by atoms with Crippen molar-refractivity contribution < 1.29 is 22.7 Å². The van der Waals surface area contributed by atoms with Gasteiger partial charge in [-0.1, -0.05) is 0 Å². The van der Waals surface area contributed by atoms with Crippen LogP contribution in [0.4, 0.5) is 24.8 Å². The van der Waals surface area contributed by atoms with E-state index in [2.05, 4.69) is 37.0 Å². The Labute approximate surface area is 181 Å². The van der Waals surface area contributed by atoms with E-state index < -0.39 is 11.7 Å². The van der Waals surface area contributed by atoms with Crippen LogP contribution >= 0.6 is 0 Å². The number of aromatic nitrogens is 2. The SMILES string of the molecule is CCOC(=O)C1CCN(c2ncnc(NCc3cccc(C(F)(F)F)c3)c2[As])CC1. The Kier molecular flexibility index (Phi) is 7.23. The third-order valence-electron chi connectivity index (χ3n) is 4.93. The number of carbonyl (C=O) groups excluding carboxylic acids is 1. The summed E-state index contributed by atoms with van der Waals surface area (Å²) in [5.41, 5.74) is -0.172. The van der Waals surface area contributed by atoms with Gasteiger partial charge in [-0.15, -0.1) is 0 Å². The molecule has 1 aliphatic rings. The molecule has 1 aliphatic heterocycles. The zero-order valence-electron chi connectivity index (χ0n) is 16.4. The molecule has 10 heteroatoms. The van der Waals surface area contributed by atoms with Gasteiger partial charge in [-0.05, 0) is 0 Å². The van der Waals surface area contributed by atoms with Crippen LogP contribution in [0.3, 0.4) is 0 Å². The Morgan fingerprint density at radius 2 is 2.03 bits per heavy atom. The minimum atomic E-state index is -4.37. The van der Waals surface area contributed by atoms with Crippen LogP contribution in [-0.4, -0.2) is 52.5 Å². The number of nitrogens with one attached hydrogen (secondary N) is 1. The van der Waals surface area contributed by atoms with Gasteiger partial charge >= 0.3 is 182 Å². The number of rotatable bonds is 6. The number of alkyl halides is 3. The van der Waals surface area contributed by atoms with Crippen LogP contribution in [-0.2, 0) is 22.3 Å². The Bertz CT molecular complexity index is 887. The predicted molar refractivity (Wildman–Crippen MR) is 108 cm³/mol. The number of halogens is 3. The predicted octanol–water partition coefficient (Wildman–Crippen LogP) is 2.68. The van der Waals surface area contributed by atoms with Gasteiger partial charge in [0, 0.05) is 0 Å². The number of hydrogen-bond acceptors (Lipinski definition) is 6. The molecule has 0 atom stereocenters. The number of piperidine rings is 1. The summed E-state index contributed by atoms with van der Waals surface area (Å²) >= 11 is 2.42. The van der Waals surface area contributed by atoms with E-state index in [1.54, 1.807) is 13.0 Å². The molecule has 1 fully saturated rings. The first kappa shape index (κ1) is 22.4. The fraction of sp³-hybridized carbons (Fsp3) is 0.450. The van der Waals surface area contributed by atoms with Crippen LogP contribution in [0.5, 0.6) is 0 Å². The molecular formula is C20H22AsF3N4O2. The van der Waals surface area contributed by atoms with E-state index >= 15 is 0 Å². The first-order valence-electron chi connectivity index (χ1n) is 9.65. The molecular weight excluding hydrogens is 460 g/mol. The molecule has 1 N–H and O–H groups in total. The second-order valence-electron chi connectivity index (χ2n) is 6.96. The third kappa shape index (κ3) is 5.45. The van der Waals surface area contributed by atoms with E-state index in [-0.39, 0.29) is 18.4 Å². The molecule has 6 nitrogen and oxygen atoms in total. The number of benzene rings is 1. The van der Waals surface area contributed by atoms with Gasteiger partial charge in [0.2, 0.25) is 0 Å². The maximum atomic E-state index is 12.9. The van der Waals surface area contributed by atoms with Crippen molar-refractivity contribution >= 4 is 38.8 Å². The van der Waals surface area contributed by atoms with Gasteiger partial charge < -0.3 is 0 Å². The first-order valence-corrected chi connectivity index (χ1v) is 10.6. The van der Waals surface area contributed by atoms with Crippen molar-refractivity contribution in [2.24, 2.45) is 5.92 Å². The van der Waals surface area contributed by atoms with Gasteiger partial charge in [-0.25, -0.2) is 0 Å². The van der Waals surface area contributed by atoms with Crippen LogP contribution in [0.25, 0.3) is 0 Å². The minimum absolute atomic E-state index is 0.101. The fourth-order valence-corrected chi connectivity index (χ4v) is 4.07. The van der Waals surface area contributed by atoms with E-state index in [9.17, 15) is 18.0 Å². The molecule has 0 amide bonds. The molecule has 30 heavy (non-hydrogen) atoms. The van der Waals surface area contributed by atoms with E-state index in [1.165, 1.54) is 12.4 Å². The van der Waals surface area contributed by atoms with E-state index in [0.29, 0.717) is 43.9 Å². The van der Waals surface area contributed by atoms with Gasteiger partial charge in [0.1, 0.15) is 0 Å². The van der Waals surface area contributed by atoms with Crippen LogP contribution in [0.1, 0.15) is 30.9 Å². The summed E-state index contributed by atoms with van der Waals surface area (Å²) in [4.78, 5) is 22.6. The van der Waals surface area contributed by atoms with Gasteiger partial charge in [-0.3, -0.25) is 0 Å². The normalized spacial score (nSPS) is 15.2. The van der Waals surface area contributed by atoms with Crippen molar-refractivity contribution in [3.8, 4) is 0 Å². The Hall–Kier alpha value is -2.28. The van der Waals surface area contributed by atoms with Crippen LogP contribution in [0.2, 0.25) is 0 Å². The molecule has 0 unspecified atom stereocenters. The van der Waals surface area contributed by atoms with Crippen molar-refractivity contribution in [1.29, 1.82) is 0 Å². The average molecular weight is 482 g/mol. The molecule has 0 spiro atoms. The van der Waals surface area contributed by atoms with Crippen molar-refractivity contribution in [2.45, 2.75) is 32.5 Å². The van der Waals surface area contributed by atoms with E-state index in [1.807, 2.05) is 0 Å². The molecule has 1 aromatic carbocycles. The topological polar surface area (TPSA) is 67.3 Å². The molecule has 0 aliphatic carbocycles. The summed E-state index contributed by atoms with van der Waals surface area (Å²) in [6, 6.07) is 5.20. The standard InChI is InChI=1S/C20H22AsF3N4O2/c1-2-30-19(29)14-6-8-28(9-7-14)18-16(21)17(26-12-27-18)25-11-13-4-3-5-15(10-13)20(22,23)24/h3-5,10,12,14H,2,6-9,11H2,1H3,(H,25,26,27). The third-order valence-corrected chi connectivity index (χ3v) is 5.80. The molecule has 3 rings (SSSR count). The molecule has 2 radical (unpaired) electrons. The molecule has 1 saturated heterocycles. The number of anilines is 2. The Morgan fingerprint density at radius 1 is 1.30 bits per heavy atom. The Morgan fingerprint density at radius 3 is 2.70 bits per heavy atom. The van der Waals surface area contributed by atoms with Gasteiger partial charge in [0.05, 0.1) is 0 Å². The second kappa shape index (κ2) is 9.68. The maximum absolute atomic E-state index is 12.9. The zero-order valence-corrected chi connectivity index (χ0v) is 18.3. The number of nitrogens with zero attached hydrogens (tertiary/aromatic N) is 3. The quantitative estimate of drug-likeness (QED) is 0.505.